The fourth-order valence-corrected chi connectivity index (χ4v) is 2.66. The molecule has 1 saturated heterocycles. The maximum atomic E-state index is 11.7. The predicted molar refractivity (Wildman–Crippen MR) is 80.9 cm³/mol. The third-order valence-corrected chi connectivity index (χ3v) is 3.77. The van der Waals surface area contributed by atoms with Gasteiger partial charge in [-0.25, -0.2) is 4.79 Å². The molecule has 1 aromatic carbocycles. The quantitative estimate of drug-likeness (QED) is 0.836. The van der Waals surface area contributed by atoms with Crippen LogP contribution in [0.4, 0.5) is 4.79 Å². The van der Waals surface area contributed by atoms with E-state index >= 15 is 0 Å². The van der Waals surface area contributed by atoms with Gasteiger partial charge in [0.05, 0.1) is 6.61 Å². The van der Waals surface area contributed by atoms with Crippen molar-refractivity contribution in [2.24, 2.45) is 5.92 Å². The number of carbonyl (C=O) groups is 1. The van der Waals surface area contributed by atoms with Crippen molar-refractivity contribution < 1.29 is 14.6 Å². The van der Waals surface area contributed by atoms with Crippen LogP contribution in [-0.4, -0.2) is 48.9 Å². The number of rotatable bonds is 6. The van der Waals surface area contributed by atoms with Gasteiger partial charge in [0.25, 0.3) is 0 Å². The van der Waals surface area contributed by atoms with Crippen molar-refractivity contribution in [2.75, 3.05) is 32.8 Å². The summed E-state index contributed by atoms with van der Waals surface area (Å²) >= 11 is 0. The van der Waals surface area contributed by atoms with Crippen molar-refractivity contribution >= 4 is 6.09 Å². The number of nitrogens with one attached hydrogen (secondary N) is 1. The molecule has 1 atom stereocenters. The van der Waals surface area contributed by atoms with E-state index in [-0.39, 0.29) is 12.7 Å². The predicted octanol–water partition coefficient (Wildman–Crippen LogP) is 1.62. The van der Waals surface area contributed by atoms with E-state index in [4.69, 9.17) is 9.84 Å². The number of aliphatic hydroxyl groups excluding tert-OH is 1. The number of ether oxygens (including phenoxy) is 1. The second kappa shape index (κ2) is 8.64. The lowest BCUT2D eigenvalue weighted by atomic mass is 9.98. The van der Waals surface area contributed by atoms with Gasteiger partial charge < -0.3 is 20.1 Å². The van der Waals surface area contributed by atoms with Crippen molar-refractivity contribution in [1.29, 1.82) is 0 Å². The molecule has 0 unspecified atom stereocenters. The molecule has 0 aromatic heterocycles. The van der Waals surface area contributed by atoms with E-state index in [2.05, 4.69) is 10.2 Å². The molecule has 0 saturated carbocycles. The molecule has 5 heteroatoms. The van der Waals surface area contributed by atoms with Gasteiger partial charge >= 0.3 is 6.09 Å². The molecule has 1 aromatic rings. The molecule has 0 bridgehead atoms. The van der Waals surface area contributed by atoms with Gasteiger partial charge in [-0.3, -0.25) is 0 Å². The van der Waals surface area contributed by atoms with E-state index in [0.29, 0.717) is 19.1 Å². The lowest BCUT2D eigenvalue weighted by Crippen LogP contribution is -2.42. The Hall–Kier alpha value is -1.59. The summed E-state index contributed by atoms with van der Waals surface area (Å²) in [6, 6.07) is 9.65. The van der Waals surface area contributed by atoms with Gasteiger partial charge in [0.15, 0.2) is 0 Å². The Morgan fingerprint density at radius 2 is 2.19 bits per heavy atom. The number of amides is 1. The van der Waals surface area contributed by atoms with Crippen LogP contribution in [-0.2, 0) is 11.3 Å². The Kier molecular flexibility index (Phi) is 6.50. The van der Waals surface area contributed by atoms with E-state index in [0.717, 1.165) is 38.0 Å². The number of likely N-dealkylation sites (tertiary alicyclic amines) is 1. The highest BCUT2D eigenvalue weighted by atomic mass is 16.5. The van der Waals surface area contributed by atoms with E-state index in [1.54, 1.807) is 0 Å². The van der Waals surface area contributed by atoms with Crippen LogP contribution >= 0.6 is 0 Å². The zero-order valence-corrected chi connectivity index (χ0v) is 12.3. The molecule has 0 spiro atoms. The third kappa shape index (κ3) is 5.73. The molecule has 1 aliphatic rings. The smallest absolute Gasteiger partial charge is 0.407 e. The summed E-state index contributed by atoms with van der Waals surface area (Å²) in [6.45, 7) is 3.81. The molecule has 2 N–H and O–H groups in total. The molecule has 0 radical (unpaired) electrons. The largest absolute Gasteiger partial charge is 0.445 e. The summed E-state index contributed by atoms with van der Waals surface area (Å²) in [5, 5.41) is 11.8. The van der Waals surface area contributed by atoms with Crippen molar-refractivity contribution in [3.05, 3.63) is 35.9 Å². The zero-order valence-electron chi connectivity index (χ0n) is 12.3. The summed E-state index contributed by atoms with van der Waals surface area (Å²) in [6.07, 6.45) is 1.87. The van der Waals surface area contributed by atoms with Crippen LogP contribution in [0.5, 0.6) is 0 Å². The number of hydrogen-bond donors (Lipinski definition) is 2. The fraction of sp³-hybridized carbons (Fsp3) is 0.562. The average molecular weight is 292 g/mol. The lowest BCUT2D eigenvalue weighted by Gasteiger charge is -2.32. The van der Waals surface area contributed by atoms with Crippen LogP contribution in [0.15, 0.2) is 30.3 Å². The number of nitrogens with zero attached hydrogens (tertiary/aromatic N) is 1. The van der Waals surface area contributed by atoms with Crippen molar-refractivity contribution in [1.82, 2.24) is 10.2 Å². The van der Waals surface area contributed by atoms with Gasteiger partial charge in [0.2, 0.25) is 0 Å². The number of alkyl carbamates (subject to hydrolysis) is 1. The first kappa shape index (κ1) is 15.8. The summed E-state index contributed by atoms with van der Waals surface area (Å²) in [5.74, 6) is 0.439. The van der Waals surface area contributed by atoms with Crippen molar-refractivity contribution in [2.45, 2.75) is 19.4 Å². The molecule has 1 amide bonds. The first-order chi connectivity index (χ1) is 10.3. The van der Waals surface area contributed by atoms with E-state index in [1.807, 2.05) is 30.3 Å². The van der Waals surface area contributed by atoms with Crippen LogP contribution in [0.3, 0.4) is 0 Å². The third-order valence-electron chi connectivity index (χ3n) is 3.77. The number of piperidine rings is 1. The maximum Gasteiger partial charge on any atom is 0.407 e. The number of carbonyl (C=O) groups excluding carboxylic acids is 1. The number of hydrogen-bond acceptors (Lipinski definition) is 4. The molecule has 5 nitrogen and oxygen atoms in total. The van der Waals surface area contributed by atoms with Gasteiger partial charge in [-0.2, -0.15) is 0 Å². The van der Waals surface area contributed by atoms with Gasteiger partial charge in [-0.15, -0.1) is 0 Å². The second-order valence-electron chi connectivity index (χ2n) is 5.48. The van der Waals surface area contributed by atoms with Gasteiger partial charge in [-0.1, -0.05) is 30.3 Å². The van der Waals surface area contributed by atoms with E-state index < -0.39 is 0 Å². The topological polar surface area (TPSA) is 61.8 Å². The Morgan fingerprint density at radius 3 is 2.95 bits per heavy atom. The second-order valence-corrected chi connectivity index (χ2v) is 5.48. The maximum absolute atomic E-state index is 11.7. The molecule has 116 valence electrons. The Morgan fingerprint density at radius 1 is 1.38 bits per heavy atom. The normalized spacial score (nSPS) is 19.2. The lowest BCUT2D eigenvalue weighted by molar-refractivity contribution is 0.123. The minimum atomic E-state index is -0.363. The standard InChI is InChI=1S/C16H24N2O3/c19-10-9-18-8-4-7-15(12-18)11-17-16(20)21-13-14-5-2-1-3-6-14/h1-3,5-6,15,19H,4,7-13H2,(H,17,20)/t15-/m1/s1. The summed E-state index contributed by atoms with van der Waals surface area (Å²) < 4.78 is 5.19. The van der Waals surface area contributed by atoms with Crippen molar-refractivity contribution in [3.63, 3.8) is 0 Å². The minimum absolute atomic E-state index is 0.194. The number of aliphatic hydroxyl groups is 1. The molecule has 1 fully saturated rings. The first-order valence-corrected chi connectivity index (χ1v) is 7.55. The molecule has 21 heavy (non-hydrogen) atoms. The van der Waals surface area contributed by atoms with Crippen LogP contribution in [0, 0.1) is 5.92 Å². The van der Waals surface area contributed by atoms with Gasteiger partial charge in [0.1, 0.15) is 6.61 Å². The molecular formula is C16H24N2O3. The van der Waals surface area contributed by atoms with Crippen LogP contribution in [0.2, 0.25) is 0 Å². The highest BCUT2D eigenvalue weighted by Crippen LogP contribution is 2.15. The molecule has 1 aliphatic heterocycles. The summed E-state index contributed by atoms with van der Waals surface area (Å²) in [4.78, 5) is 13.9. The fourth-order valence-electron chi connectivity index (χ4n) is 2.66. The first-order valence-electron chi connectivity index (χ1n) is 7.55. The Bertz CT molecular complexity index is 423. The molecule has 2 rings (SSSR count). The number of β-amino-alcohol motifs (C(OH)–C–C–N with tert-alkyl or cyclic N) is 1. The highest BCUT2D eigenvalue weighted by Gasteiger charge is 2.20. The summed E-state index contributed by atoms with van der Waals surface area (Å²) in [7, 11) is 0. The van der Waals surface area contributed by atoms with Gasteiger partial charge in [-0.05, 0) is 30.9 Å². The Balaban J connectivity index is 1.64. The van der Waals surface area contributed by atoms with Crippen LogP contribution < -0.4 is 5.32 Å². The SMILES string of the molecule is O=C(NC[C@H]1CCCN(CCO)C1)OCc1ccccc1. The Labute approximate surface area is 125 Å². The monoisotopic (exact) mass is 292 g/mol. The van der Waals surface area contributed by atoms with Gasteiger partial charge in [0, 0.05) is 19.6 Å². The average Bonchev–Trinajstić information content (AvgIpc) is 2.53. The van der Waals surface area contributed by atoms with E-state index in [1.165, 1.54) is 0 Å². The van der Waals surface area contributed by atoms with Crippen LogP contribution in [0.1, 0.15) is 18.4 Å². The highest BCUT2D eigenvalue weighted by molar-refractivity contribution is 5.67. The molecule has 1 heterocycles. The van der Waals surface area contributed by atoms with Crippen molar-refractivity contribution in [3.8, 4) is 0 Å². The summed E-state index contributed by atoms with van der Waals surface area (Å²) in [5.41, 5.74) is 0.986. The number of benzene rings is 1. The zero-order chi connectivity index (χ0) is 14.9. The van der Waals surface area contributed by atoms with E-state index in [9.17, 15) is 4.79 Å². The minimum Gasteiger partial charge on any atom is -0.445 e. The van der Waals surface area contributed by atoms with Crippen LogP contribution in [0.25, 0.3) is 0 Å². The molecule has 0 aliphatic carbocycles. The molecular weight excluding hydrogens is 268 g/mol.